The lowest BCUT2D eigenvalue weighted by Gasteiger charge is -2.37. The first-order valence-electron chi connectivity index (χ1n) is 9.37. The molecule has 134 valence electrons. The summed E-state index contributed by atoms with van der Waals surface area (Å²) in [5, 5.41) is 0. The molecule has 1 fully saturated rings. The molecule has 1 aliphatic heterocycles. The Balaban J connectivity index is 1.76. The van der Waals surface area contributed by atoms with E-state index >= 15 is 0 Å². The molecular weight excluding hydrogens is 322 g/mol. The van der Waals surface area contributed by atoms with Gasteiger partial charge in [-0.2, -0.15) is 0 Å². The molecule has 0 saturated heterocycles. The second-order valence-electron chi connectivity index (χ2n) is 8.66. The zero-order valence-corrected chi connectivity index (χ0v) is 15.8. The van der Waals surface area contributed by atoms with Crippen molar-refractivity contribution in [1.29, 1.82) is 0 Å². The summed E-state index contributed by atoms with van der Waals surface area (Å²) in [5.41, 5.74) is 4.65. The molecule has 0 N–H and O–H groups in total. The van der Waals surface area contributed by atoms with Gasteiger partial charge in [0.1, 0.15) is 5.60 Å². The van der Waals surface area contributed by atoms with Crippen molar-refractivity contribution >= 4 is 11.4 Å². The van der Waals surface area contributed by atoms with E-state index in [0.717, 1.165) is 12.2 Å². The average molecular weight is 347 g/mol. The van der Waals surface area contributed by atoms with E-state index < -0.39 is 0 Å². The van der Waals surface area contributed by atoms with Crippen molar-refractivity contribution in [2.75, 3.05) is 12.0 Å². The number of ether oxygens (including phenoxy) is 2. The summed E-state index contributed by atoms with van der Waals surface area (Å²) < 4.78 is 12.8. The van der Waals surface area contributed by atoms with Gasteiger partial charge in [0.05, 0.1) is 5.70 Å². The predicted octanol–water partition coefficient (Wildman–Crippen LogP) is 5.15. The lowest BCUT2D eigenvalue weighted by atomic mass is 9.90. The largest absolute Gasteiger partial charge is 0.467 e. The Morgan fingerprint density at radius 1 is 1.04 bits per heavy atom. The molecule has 1 saturated carbocycles. The van der Waals surface area contributed by atoms with Crippen molar-refractivity contribution in [3.05, 3.63) is 71.4 Å². The summed E-state index contributed by atoms with van der Waals surface area (Å²) in [6, 6.07) is 19.2. The average Bonchev–Trinajstić information content (AvgIpc) is 3.25. The molecule has 26 heavy (non-hydrogen) atoms. The lowest BCUT2D eigenvalue weighted by Crippen LogP contribution is -2.44. The molecule has 2 aliphatic carbocycles. The van der Waals surface area contributed by atoms with Gasteiger partial charge in [0.25, 0.3) is 0 Å². The molecule has 0 aromatic heterocycles. The van der Waals surface area contributed by atoms with E-state index in [4.69, 9.17) is 9.47 Å². The molecule has 0 bridgehead atoms. The number of hydrogen-bond acceptors (Lipinski definition) is 3. The van der Waals surface area contributed by atoms with Gasteiger partial charge in [-0.1, -0.05) is 63.2 Å². The summed E-state index contributed by atoms with van der Waals surface area (Å²) in [5.74, 6) is 1.41. The van der Waals surface area contributed by atoms with Gasteiger partial charge in [-0.25, -0.2) is 0 Å². The highest BCUT2D eigenvalue weighted by Crippen LogP contribution is 2.67. The summed E-state index contributed by atoms with van der Waals surface area (Å²) >= 11 is 0. The number of benzene rings is 2. The van der Waals surface area contributed by atoms with Crippen LogP contribution in [0.2, 0.25) is 0 Å². The van der Waals surface area contributed by atoms with Crippen LogP contribution < -0.4 is 4.90 Å². The van der Waals surface area contributed by atoms with Crippen LogP contribution in [0.15, 0.2) is 60.3 Å². The number of para-hydroxylation sites is 1. The molecule has 1 unspecified atom stereocenters. The van der Waals surface area contributed by atoms with Crippen molar-refractivity contribution < 1.29 is 9.47 Å². The summed E-state index contributed by atoms with van der Waals surface area (Å²) in [6.07, 6.45) is 0.956. The minimum absolute atomic E-state index is 0.0402. The van der Waals surface area contributed by atoms with E-state index in [2.05, 4.69) is 80.3 Å². The third kappa shape index (κ3) is 1.98. The normalized spacial score (nSPS) is 29.0. The van der Waals surface area contributed by atoms with Crippen LogP contribution >= 0.6 is 0 Å². The molecule has 3 aliphatic rings. The fourth-order valence-corrected chi connectivity index (χ4v) is 4.65. The second-order valence-corrected chi connectivity index (χ2v) is 8.66. The summed E-state index contributed by atoms with van der Waals surface area (Å²) in [7, 11) is 1.84. The third-order valence-corrected chi connectivity index (χ3v) is 5.95. The van der Waals surface area contributed by atoms with E-state index in [1.54, 1.807) is 0 Å². The molecule has 3 nitrogen and oxygen atoms in total. The van der Waals surface area contributed by atoms with E-state index in [1.165, 1.54) is 22.5 Å². The molecule has 2 aromatic rings. The highest BCUT2D eigenvalue weighted by molar-refractivity contribution is 5.82. The Morgan fingerprint density at radius 2 is 1.73 bits per heavy atom. The smallest absolute Gasteiger partial charge is 0.181 e. The van der Waals surface area contributed by atoms with Gasteiger partial charge in [0.2, 0.25) is 0 Å². The fraction of sp³-hybridized carbons (Fsp3) is 0.391. The minimum atomic E-state index is -0.264. The first kappa shape index (κ1) is 16.0. The fourth-order valence-electron chi connectivity index (χ4n) is 4.65. The molecule has 3 heteroatoms. The number of hydrogen-bond donors (Lipinski definition) is 0. The molecule has 3 atom stereocenters. The van der Waals surface area contributed by atoms with Crippen LogP contribution in [0.25, 0.3) is 5.76 Å². The first-order valence-corrected chi connectivity index (χ1v) is 9.37. The van der Waals surface area contributed by atoms with Crippen molar-refractivity contribution in [2.24, 2.45) is 5.41 Å². The van der Waals surface area contributed by atoms with Crippen molar-refractivity contribution in [3.8, 4) is 0 Å². The number of methoxy groups -OCH3 is 1. The Morgan fingerprint density at radius 3 is 2.42 bits per heavy atom. The molecule has 2 aromatic carbocycles. The van der Waals surface area contributed by atoms with Gasteiger partial charge in [-0.3, -0.25) is 0 Å². The number of anilines is 1. The summed E-state index contributed by atoms with van der Waals surface area (Å²) in [4.78, 5) is 2.38. The maximum Gasteiger partial charge on any atom is 0.181 e. The van der Waals surface area contributed by atoms with E-state index in [1.807, 2.05) is 7.11 Å². The van der Waals surface area contributed by atoms with Crippen LogP contribution in [0.3, 0.4) is 0 Å². The number of nitrogens with zero attached hydrogens (tertiary/aromatic N) is 1. The molecular formula is C23H25NO2. The number of rotatable bonds is 2. The Bertz CT molecular complexity index is 896. The molecule has 5 rings (SSSR count). The Labute approximate surface area is 155 Å². The first-order chi connectivity index (χ1) is 12.5. The highest BCUT2D eigenvalue weighted by atomic mass is 16.5. The van der Waals surface area contributed by atoms with E-state index in [-0.39, 0.29) is 17.2 Å². The van der Waals surface area contributed by atoms with Crippen LogP contribution in [0.5, 0.6) is 0 Å². The zero-order chi connectivity index (χ0) is 18.1. The van der Waals surface area contributed by atoms with Crippen molar-refractivity contribution in [2.45, 2.75) is 44.9 Å². The predicted molar refractivity (Wildman–Crippen MR) is 104 cm³/mol. The van der Waals surface area contributed by atoms with Gasteiger partial charge in [0, 0.05) is 29.7 Å². The van der Waals surface area contributed by atoms with E-state index in [0.29, 0.717) is 5.92 Å². The van der Waals surface area contributed by atoms with Gasteiger partial charge in [0.15, 0.2) is 12.0 Å². The van der Waals surface area contributed by atoms with Gasteiger partial charge >= 0.3 is 0 Å². The Kier molecular flexibility index (Phi) is 3.15. The lowest BCUT2D eigenvalue weighted by molar-refractivity contribution is 0.0765. The van der Waals surface area contributed by atoms with Crippen LogP contribution in [0.4, 0.5) is 5.69 Å². The monoisotopic (exact) mass is 347 g/mol. The van der Waals surface area contributed by atoms with Crippen molar-refractivity contribution in [1.82, 2.24) is 0 Å². The van der Waals surface area contributed by atoms with Crippen molar-refractivity contribution in [3.63, 3.8) is 0 Å². The van der Waals surface area contributed by atoms with Gasteiger partial charge < -0.3 is 14.4 Å². The maximum absolute atomic E-state index is 6.67. The zero-order valence-electron chi connectivity index (χ0n) is 15.8. The molecule has 0 spiro atoms. The van der Waals surface area contributed by atoms with Gasteiger partial charge in [-0.15, -0.1) is 0 Å². The highest BCUT2D eigenvalue weighted by Gasteiger charge is 2.67. The molecule has 0 radical (unpaired) electrons. The molecule has 0 amide bonds. The SMILES string of the molecule is CO[C@]12C[C@H]1c1ccccc1C1=C2N(c2ccccc2)C(C(C)(C)C)O1. The van der Waals surface area contributed by atoms with Crippen LogP contribution in [0, 0.1) is 5.41 Å². The van der Waals surface area contributed by atoms with Crippen LogP contribution in [-0.4, -0.2) is 18.9 Å². The summed E-state index contributed by atoms with van der Waals surface area (Å²) in [6.45, 7) is 6.71. The topological polar surface area (TPSA) is 21.7 Å². The standard InChI is InChI=1S/C23H25NO2/c1-22(2,3)21-24(15-10-6-5-7-11-15)20-19(26-21)17-13-9-8-12-16(17)18-14-23(18,20)25-4/h5-13,18,21H,14H2,1-4H3/t18-,21?,23+/m0/s1. The Hall–Kier alpha value is -2.26. The number of fused-ring (bicyclic) bond motifs is 5. The van der Waals surface area contributed by atoms with Crippen LogP contribution in [-0.2, 0) is 9.47 Å². The van der Waals surface area contributed by atoms with E-state index in [9.17, 15) is 0 Å². The maximum atomic E-state index is 6.67. The minimum Gasteiger partial charge on any atom is -0.467 e. The third-order valence-electron chi connectivity index (χ3n) is 5.95. The van der Waals surface area contributed by atoms with Gasteiger partial charge in [-0.05, 0) is 24.1 Å². The quantitative estimate of drug-likeness (QED) is 0.750. The van der Waals surface area contributed by atoms with Crippen LogP contribution in [0.1, 0.15) is 44.2 Å². The second kappa shape index (κ2) is 5.14. The molecule has 1 heterocycles.